The van der Waals surface area contributed by atoms with Gasteiger partial charge in [0.2, 0.25) is 0 Å². The number of rotatable bonds is 6. The lowest BCUT2D eigenvalue weighted by Crippen LogP contribution is -2.19. The first-order valence-electron chi connectivity index (χ1n) is 3.33. The number of carboxylic acids is 1. The molecule has 0 aliphatic rings. The Labute approximate surface area is 83.6 Å². The Morgan fingerprint density at radius 1 is 1.69 bits per heavy atom. The molecule has 0 heterocycles. The highest BCUT2D eigenvalue weighted by molar-refractivity contribution is 9.09. The van der Waals surface area contributed by atoms with E-state index in [2.05, 4.69) is 25.0 Å². The fraction of sp³-hybridized carbons (Fsp3) is 0.800. The third-order valence-electron chi connectivity index (χ3n) is 0.971. The molecule has 0 saturated heterocycles. The van der Waals surface area contributed by atoms with Gasteiger partial charge in [-0.25, -0.2) is 9.36 Å². The van der Waals surface area contributed by atoms with Gasteiger partial charge in [0.25, 0.3) is 0 Å². The predicted octanol–water partition coefficient (Wildman–Crippen LogP) is 0.988. The molecule has 6 nitrogen and oxygen atoms in total. The Hall–Kier alpha value is 0.0600. The first-order chi connectivity index (χ1) is 5.89. The van der Waals surface area contributed by atoms with Gasteiger partial charge in [0.15, 0.2) is 6.10 Å². The summed E-state index contributed by atoms with van der Waals surface area (Å²) < 4.78 is 19.6. The molecular formula is C5H10BrO6P. The highest BCUT2D eigenvalue weighted by Gasteiger charge is 2.27. The van der Waals surface area contributed by atoms with Crippen LogP contribution < -0.4 is 0 Å². The number of hydrogen-bond donors (Lipinski definition) is 2. The molecule has 0 radical (unpaired) electrons. The lowest BCUT2D eigenvalue weighted by Gasteiger charge is -2.13. The molecule has 2 atom stereocenters. The molecule has 0 aliphatic carbocycles. The van der Waals surface area contributed by atoms with Crippen LogP contribution in [-0.4, -0.2) is 34.0 Å². The van der Waals surface area contributed by atoms with Crippen LogP contribution in [0.3, 0.4) is 0 Å². The van der Waals surface area contributed by atoms with E-state index in [0.29, 0.717) is 5.33 Å². The standard InChI is InChI=1S/C5H10BrO6P/c1-4(5(7)8)12-13(9,10)11-3-2-6/h4H,2-3H2,1H3,(H,7,8)(H,9,10)/t4-/m0/s1. The minimum atomic E-state index is -4.23. The maximum absolute atomic E-state index is 10.9. The van der Waals surface area contributed by atoms with Gasteiger partial charge >= 0.3 is 13.8 Å². The van der Waals surface area contributed by atoms with Crippen LogP contribution in [0.4, 0.5) is 0 Å². The second-order valence-electron chi connectivity index (χ2n) is 2.08. The van der Waals surface area contributed by atoms with E-state index in [-0.39, 0.29) is 6.61 Å². The van der Waals surface area contributed by atoms with E-state index in [1.807, 2.05) is 0 Å². The summed E-state index contributed by atoms with van der Waals surface area (Å²) >= 11 is 2.97. The van der Waals surface area contributed by atoms with Crippen molar-refractivity contribution in [3.05, 3.63) is 0 Å². The van der Waals surface area contributed by atoms with E-state index >= 15 is 0 Å². The van der Waals surface area contributed by atoms with Crippen molar-refractivity contribution in [2.45, 2.75) is 13.0 Å². The first kappa shape index (κ1) is 13.1. The third-order valence-corrected chi connectivity index (χ3v) is 2.39. The van der Waals surface area contributed by atoms with Gasteiger partial charge in [0, 0.05) is 5.33 Å². The Bertz CT molecular complexity index is 219. The highest BCUT2D eigenvalue weighted by atomic mass is 79.9. The minimum Gasteiger partial charge on any atom is -0.479 e. The fourth-order valence-electron chi connectivity index (χ4n) is 0.425. The van der Waals surface area contributed by atoms with Gasteiger partial charge in [0.1, 0.15) is 0 Å². The Morgan fingerprint density at radius 3 is 2.62 bits per heavy atom. The van der Waals surface area contributed by atoms with Crippen LogP contribution in [0.1, 0.15) is 6.92 Å². The van der Waals surface area contributed by atoms with Gasteiger partial charge in [-0.3, -0.25) is 9.05 Å². The molecular weight excluding hydrogens is 267 g/mol. The number of aliphatic carboxylic acids is 1. The molecule has 0 spiro atoms. The summed E-state index contributed by atoms with van der Waals surface area (Å²) in [4.78, 5) is 19.1. The van der Waals surface area contributed by atoms with Crippen LogP contribution in [0.5, 0.6) is 0 Å². The molecule has 78 valence electrons. The zero-order valence-electron chi connectivity index (χ0n) is 6.84. The maximum Gasteiger partial charge on any atom is 0.473 e. The van der Waals surface area contributed by atoms with Crippen molar-refractivity contribution in [2.24, 2.45) is 0 Å². The largest absolute Gasteiger partial charge is 0.479 e. The predicted molar refractivity (Wildman–Crippen MR) is 47.8 cm³/mol. The second kappa shape index (κ2) is 5.72. The monoisotopic (exact) mass is 276 g/mol. The van der Waals surface area contributed by atoms with Crippen molar-refractivity contribution in [1.29, 1.82) is 0 Å². The van der Waals surface area contributed by atoms with Gasteiger partial charge < -0.3 is 10.00 Å². The molecule has 8 heteroatoms. The number of phosphoric ester groups is 1. The normalized spacial score (nSPS) is 17.8. The Morgan fingerprint density at radius 2 is 2.23 bits per heavy atom. The number of halogens is 1. The van der Waals surface area contributed by atoms with Gasteiger partial charge in [-0.2, -0.15) is 0 Å². The average molecular weight is 277 g/mol. The van der Waals surface area contributed by atoms with Crippen LogP contribution in [0.25, 0.3) is 0 Å². The topological polar surface area (TPSA) is 93.1 Å². The fourth-order valence-corrected chi connectivity index (χ4v) is 1.71. The van der Waals surface area contributed by atoms with E-state index in [4.69, 9.17) is 10.00 Å². The summed E-state index contributed by atoms with van der Waals surface area (Å²) in [5, 5.41) is 8.71. The number of phosphoric acid groups is 1. The zero-order chi connectivity index (χ0) is 10.5. The number of hydrogen-bond acceptors (Lipinski definition) is 4. The molecule has 0 amide bonds. The number of alkyl halides is 1. The smallest absolute Gasteiger partial charge is 0.473 e. The van der Waals surface area contributed by atoms with E-state index in [0.717, 1.165) is 6.92 Å². The third kappa shape index (κ3) is 6.17. The molecule has 0 aromatic carbocycles. The zero-order valence-corrected chi connectivity index (χ0v) is 9.32. The van der Waals surface area contributed by atoms with Crippen molar-refractivity contribution >= 4 is 29.7 Å². The molecule has 13 heavy (non-hydrogen) atoms. The quantitative estimate of drug-likeness (QED) is 0.555. The van der Waals surface area contributed by atoms with Crippen LogP contribution in [0, 0.1) is 0 Å². The van der Waals surface area contributed by atoms with Gasteiger partial charge in [-0.15, -0.1) is 0 Å². The Kier molecular flexibility index (Phi) is 5.75. The van der Waals surface area contributed by atoms with Crippen LogP contribution in [0.2, 0.25) is 0 Å². The van der Waals surface area contributed by atoms with E-state index in [1.165, 1.54) is 0 Å². The van der Waals surface area contributed by atoms with E-state index in [9.17, 15) is 9.36 Å². The van der Waals surface area contributed by atoms with Crippen LogP contribution in [0.15, 0.2) is 0 Å². The van der Waals surface area contributed by atoms with E-state index < -0.39 is 19.9 Å². The minimum absolute atomic E-state index is 0.0277. The molecule has 0 aromatic heterocycles. The lowest BCUT2D eigenvalue weighted by molar-refractivity contribution is -0.145. The van der Waals surface area contributed by atoms with Crippen LogP contribution in [-0.2, 0) is 18.4 Å². The molecule has 1 unspecified atom stereocenters. The summed E-state index contributed by atoms with van der Waals surface area (Å²) in [6.45, 7) is 1.11. The Balaban J connectivity index is 4.01. The summed E-state index contributed by atoms with van der Waals surface area (Å²) in [6.07, 6.45) is -1.37. The maximum atomic E-state index is 10.9. The summed E-state index contributed by atoms with van der Waals surface area (Å²) in [7, 11) is -4.23. The molecule has 0 saturated carbocycles. The molecule has 0 fully saturated rings. The molecule has 2 N–H and O–H groups in total. The molecule has 0 rings (SSSR count). The first-order valence-corrected chi connectivity index (χ1v) is 5.95. The van der Waals surface area contributed by atoms with Crippen molar-refractivity contribution in [2.75, 3.05) is 11.9 Å². The van der Waals surface area contributed by atoms with Crippen LogP contribution >= 0.6 is 23.8 Å². The SMILES string of the molecule is C[C@H](OP(=O)(O)OCCBr)C(=O)O. The van der Waals surface area contributed by atoms with Crippen molar-refractivity contribution in [3.63, 3.8) is 0 Å². The summed E-state index contributed by atoms with van der Waals surface area (Å²) in [5.41, 5.74) is 0. The summed E-state index contributed by atoms with van der Waals surface area (Å²) in [5.74, 6) is -1.32. The van der Waals surface area contributed by atoms with Gasteiger partial charge in [0.05, 0.1) is 6.61 Å². The van der Waals surface area contributed by atoms with Gasteiger partial charge in [-0.1, -0.05) is 15.9 Å². The molecule has 0 aliphatic heterocycles. The van der Waals surface area contributed by atoms with E-state index in [1.54, 1.807) is 0 Å². The average Bonchev–Trinajstić information content (AvgIpc) is 2.00. The summed E-state index contributed by atoms with van der Waals surface area (Å²) in [6, 6.07) is 0. The van der Waals surface area contributed by atoms with Crippen molar-refractivity contribution in [1.82, 2.24) is 0 Å². The molecule has 0 aromatic rings. The lowest BCUT2D eigenvalue weighted by atomic mass is 10.4. The van der Waals surface area contributed by atoms with Crippen molar-refractivity contribution in [3.8, 4) is 0 Å². The van der Waals surface area contributed by atoms with Gasteiger partial charge in [-0.05, 0) is 6.92 Å². The molecule has 0 bridgehead atoms. The van der Waals surface area contributed by atoms with Crippen molar-refractivity contribution < 1.29 is 28.4 Å². The highest BCUT2D eigenvalue weighted by Crippen LogP contribution is 2.44. The second-order valence-corrected chi connectivity index (χ2v) is 4.28. The number of carbonyl (C=O) groups is 1. The number of carboxylic acid groups (broad SMARTS) is 1.